The molecule has 0 unspecified atom stereocenters. The maximum absolute atomic E-state index is 12.8. The zero-order valence-electron chi connectivity index (χ0n) is 15.2. The van der Waals surface area contributed by atoms with Crippen LogP contribution in [0.5, 0.6) is 0 Å². The summed E-state index contributed by atoms with van der Waals surface area (Å²) in [6.45, 7) is 5.15. The highest BCUT2D eigenvalue weighted by molar-refractivity contribution is 7.93. The third-order valence-corrected chi connectivity index (χ3v) is 7.30. The molecule has 1 aliphatic carbocycles. The molecule has 0 atom stereocenters. The molecule has 0 aromatic heterocycles. The molecule has 0 bridgehead atoms. The number of carbonyl (C=O) groups is 2. The zero-order valence-corrected chi connectivity index (χ0v) is 16.0. The summed E-state index contributed by atoms with van der Waals surface area (Å²) < 4.78 is 24.0. The Hall–Kier alpha value is -2.09. The number of hydrogen-bond donors (Lipinski definition) is 1. The monoisotopic (exact) mass is 379 g/mol. The predicted octanol–water partition coefficient (Wildman–Crippen LogP) is 0.747. The largest absolute Gasteiger partial charge is 0.398 e. The van der Waals surface area contributed by atoms with Gasteiger partial charge in [0.05, 0.1) is 10.8 Å². The Morgan fingerprint density at radius 3 is 2.15 bits per heavy atom. The first kappa shape index (κ1) is 18.7. The summed E-state index contributed by atoms with van der Waals surface area (Å²) >= 11 is 0. The van der Waals surface area contributed by atoms with Gasteiger partial charge in [-0.05, 0) is 37.8 Å². The van der Waals surface area contributed by atoms with Crippen molar-refractivity contribution >= 4 is 27.3 Å². The maximum atomic E-state index is 12.8. The van der Waals surface area contributed by atoms with Crippen LogP contribution in [0.1, 0.15) is 34.3 Å². The van der Waals surface area contributed by atoms with Gasteiger partial charge in [0, 0.05) is 31.9 Å². The van der Waals surface area contributed by atoms with Crippen molar-refractivity contribution < 1.29 is 18.0 Å². The summed E-state index contributed by atoms with van der Waals surface area (Å²) in [5, 5.41) is -0.332. The van der Waals surface area contributed by atoms with Crippen LogP contribution in [0.3, 0.4) is 0 Å². The molecule has 0 radical (unpaired) electrons. The Labute approximate surface area is 154 Å². The average Bonchev–Trinajstić information content (AvgIpc) is 3.44. The average molecular weight is 379 g/mol. The molecular weight excluding hydrogens is 354 g/mol. The lowest BCUT2D eigenvalue weighted by atomic mass is 10.0. The highest BCUT2D eigenvalue weighted by Gasteiger charge is 2.38. The van der Waals surface area contributed by atoms with E-state index in [-0.39, 0.29) is 17.1 Å². The van der Waals surface area contributed by atoms with E-state index in [4.69, 9.17) is 5.73 Å². The minimum absolute atomic E-state index is 0.138. The van der Waals surface area contributed by atoms with Gasteiger partial charge in [0.25, 0.3) is 5.91 Å². The van der Waals surface area contributed by atoms with Gasteiger partial charge in [0.1, 0.15) is 5.75 Å². The molecule has 1 aromatic rings. The second-order valence-electron chi connectivity index (χ2n) is 7.17. The van der Waals surface area contributed by atoms with Crippen LogP contribution in [0.4, 0.5) is 5.69 Å². The normalized spacial score (nSPS) is 18.1. The first-order valence-electron chi connectivity index (χ1n) is 8.85. The van der Waals surface area contributed by atoms with E-state index in [0.29, 0.717) is 50.3 Å². The SMILES string of the molecule is Cc1ccc(C)c(C(=O)N2CCN(C(=O)CS(=O)(=O)C3CC3)CC2)c1N. The van der Waals surface area contributed by atoms with Gasteiger partial charge in [-0.25, -0.2) is 8.42 Å². The molecule has 2 N–H and O–H groups in total. The number of aryl methyl sites for hydroxylation is 2. The second kappa shape index (κ2) is 6.90. The Kier molecular flexibility index (Phi) is 4.96. The van der Waals surface area contributed by atoms with Crippen LogP contribution in [-0.4, -0.2) is 67.2 Å². The van der Waals surface area contributed by atoms with Gasteiger partial charge < -0.3 is 15.5 Å². The minimum Gasteiger partial charge on any atom is -0.398 e. The number of rotatable bonds is 4. The van der Waals surface area contributed by atoms with Gasteiger partial charge in [-0.15, -0.1) is 0 Å². The van der Waals surface area contributed by atoms with Gasteiger partial charge in [-0.1, -0.05) is 12.1 Å². The fraction of sp³-hybridized carbons (Fsp3) is 0.556. The number of benzene rings is 1. The molecule has 1 aromatic carbocycles. The van der Waals surface area contributed by atoms with Crippen LogP contribution >= 0.6 is 0 Å². The van der Waals surface area contributed by atoms with Gasteiger partial charge in [0.2, 0.25) is 5.91 Å². The van der Waals surface area contributed by atoms with E-state index in [0.717, 1.165) is 11.1 Å². The van der Waals surface area contributed by atoms with Crippen LogP contribution in [0.2, 0.25) is 0 Å². The summed E-state index contributed by atoms with van der Waals surface area (Å²) in [5.41, 5.74) is 8.78. The molecule has 142 valence electrons. The molecule has 2 aliphatic rings. The third kappa shape index (κ3) is 3.70. The fourth-order valence-electron chi connectivity index (χ4n) is 3.24. The number of nitrogens with two attached hydrogens (primary N) is 1. The van der Waals surface area contributed by atoms with Crippen molar-refractivity contribution in [1.82, 2.24) is 9.80 Å². The quantitative estimate of drug-likeness (QED) is 0.778. The van der Waals surface area contributed by atoms with E-state index in [1.165, 1.54) is 4.90 Å². The van der Waals surface area contributed by atoms with Crippen molar-refractivity contribution in [2.45, 2.75) is 31.9 Å². The van der Waals surface area contributed by atoms with Gasteiger partial charge in [0.15, 0.2) is 9.84 Å². The number of sulfone groups is 1. The Bertz CT molecular complexity index is 838. The van der Waals surface area contributed by atoms with Gasteiger partial charge in [-0.3, -0.25) is 9.59 Å². The second-order valence-corrected chi connectivity index (χ2v) is 9.45. The van der Waals surface area contributed by atoms with E-state index in [9.17, 15) is 18.0 Å². The van der Waals surface area contributed by atoms with E-state index in [2.05, 4.69) is 0 Å². The molecule has 3 rings (SSSR count). The van der Waals surface area contributed by atoms with E-state index >= 15 is 0 Å². The van der Waals surface area contributed by atoms with Crippen molar-refractivity contribution in [2.75, 3.05) is 37.7 Å². The van der Waals surface area contributed by atoms with Crippen molar-refractivity contribution in [3.8, 4) is 0 Å². The number of nitrogen functional groups attached to an aromatic ring is 1. The number of carbonyl (C=O) groups excluding carboxylic acids is 2. The molecule has 2 fully saturated rings. The van der Waals surface area contributed by atoms with Crippen LogP contribution in [0, 0.1) is 13.8 Å². The van der Waals surface area contributed by atoms with Crippen molar-refractivity contribution in [1.29, 1.82) is 0 Å². The molecule has 2 amide bonds. The lowest BCUT2D eigenvalue weighted by molar-refractivity contribution is -0.129. The number of nitrogens with zero attached hydrogens (tertiary/aromatic N) is 2. The summed E-state index contributed by atoms with van der Waals surface area (Å²) in [6, 6.07) is 3.76. The Balaban J connectivity index is 1.62. The molecule has 1 heterocycles. The van der Waals surface area contributed by atoms with Gasteiger partial charge in [-0.2, -0.15) is 0 Å². The summed E-state index contributed by atoms with van der Waals surface area (Å²) in [4.78, 5) is 28.3. The van der Waals surface area contributed by atoms with Crippen molar-refractivity contribution in [3.63, 3.8) is 0 Å². The molecule has 7 nitrogen and oxygen atoms in total. The van der Waals surface area contributed by atoms with Crippen LogP contribution in [0.25, 0.3) is 0 Å². The molecule has 1 saturated heterocycles. The summed E-state index contributed by atoms with van der Waals surface area (Å²) in [7, 11) is -3.31. The number of amides is 2. The summed E-state index contributed by atoms with van der Waals surface area (Å²) in [5.74, 6) is -0.924. The Morgan fingerprint density at radius 2 is 1.58 bits per heavy atom. The van der Waals surface area contributed by atoms with Crippen molar-refractivity contribution in [3.05, 3.63) is 28.8 Å². The highest BCUT2D eigenvalue weighted by Crippen LogP contribution is 2.29. The lowest BCUT2D eigenvalue weighted by Gasteiger charge is -2.35. The smallest absolute Gasteiger partial charge is 0.256 e. The molecule has 1 aliphatic heterocycles. The lowest BCUT2D eigenvalue weighted by Crippen LogP contribution is -2.52. The van der Waals surface area contributed by atoms with E-state index in [1.54, 1.807) is 4.90 Å². The zero-order chi connectivity index (χ0) is 19.1. The standard InChI is InChI=1S/C18H25N3O4S/c1-12-3-4-13(2)17(19)16(12)18(23)21-9-7-20(8-10-21)15(22)11-26(24,25)14-5-6-14/h3-4,14H,5-11,19H2,1-2H3. The number of piperazine rings is 1. The van der Waals surface area contributed by atoms with Crippen LogP contribution in [0.15, 0.2) is 12.1 Å². The van der Waals surface area contributed by atoms with E-state index in [1.807, 2.05) is 26.0 Å². The molecule has 8 heteroatoms. The van der Waals surface area contributed by atoms with E-state index < -0.39 is 15.6 Å². The highest BCUT2D eigenvalue weighted by atomic mass is 32.2. The third-order valence-electron chi connectivity index (χ3n) is 5.16. The minimum atomic E-state index is -3.31. The van der Waals surface area contributed by atoms with Gasteiger partial charge >= 0.3 is 0 Å². The maximum Gasteiger partial charge on any atom is 0.256 e. The van der Waals surface area contributed by atoms with Crippen LogP contribution in [-0.2, 0) is 14.6 Å². The number of hydrogen-bond acceptors (Lipinski definition) is 5. The van der Waals surface area contributed by atoms with Crippen molar-refractivity contribution in [2.24, 2.45) is 0 Å². The fourth-order valence-corrected chi connectivity index (χ4v) is 4.86. The topological polar surface area (TPSA) is 101 Å². The molecule has 1 saturated carbocycles. The molecule has 26 heavy (non-hydrogen) atoms. The molecular formula is C18H25N3O4S. The predicted molar refractivity (Wildman–Crippen MR) is 99.6 cm³/mol. The Morgan fingerprint density at radius 1 is 1.04 bits per heavy atom. The molecule has 0 spiro atoms. The van der Waals surface area contributed by atoms with Crippen LogP contribution < -0.4 is 5.73 Å². The first-order valence-corrected chi connectivity index (χ1v) is 10.6. The first-order chi connectivity index (χ1) is 12.2. The summed E-state index contributed by atoms with van der Waals surface area (Å²) in [6.07, 6.45) is 1.32. The number of anilines is 1.